The lowest BCUT2D eigenvalue weighted by molar-refractivity contribution is 0.423. The van der Waals surface area contributed by atoms with E-state index < -0.39 is 0 Å². The van der Waals surface area contributed by atoms with Gasteiger partial charge in [0.15, 0.2) is 6.26 Å². The lowest BCUT2D eigenvalue weighted by Gasteiger charge is -2.02. The maximum absolute atomic E-state index is 9.40. The van der Waals surface area contributed by atoms with Crippen LogP contribution in [0.3, 0.4) is 0 Å². The molecule has 1 aromatic carbocycles. The van der Waals surface area contributed by atoms with Gasteiger partial charge in [-0.05, 0) is 17.8 Å². The predicted octanol–water partition coefficient (Wildman–Crippen LogP) is 2.56. The first kappa shape index (κ1) is 9.02. The average molecular weight is 207 g/mol. The Morgan fingerprint density at radius 3 is 2.57 bits per heavy atom. The van der Waals surface area contributed by atoms with Crippen LogP contribution in [0.4, 0.5) is 0 Å². The van der Waals surface area contributed by atoms with E-state index in [1.807, 2.05) is 30.3 Å². The smallest absolute Gasteiger partial charge is 0.271 e. The number of hydrogen-bond donors (Lipinski definition) is 1. The van der Waals surface area contributed by atoms with Gasteiger partial charge in [0.25, 0.3) is 4.84 Å². The molecule has 1 N–H and O–H groups in total. The maximum Gasteiger partial charge on any atom is 0.271 e. The Bertz CT molecular complexity index is 472. The molecule has 0 amide bonds. The van der Waals surface area contributed by atoms with Crippen LogP contribution in [0.15, 0.2) is 41.0 Å². The zero-order valence-corrected chi connectivity index (χ0v) is 8.20. The molecule has 0 aliphatic heterocycles. The molecule has 0 atom stereocenters. The Morgan fingerprint density at radius 2 is 2.00 bits per heavy atom. The molecule has 0 fully saturated rings. The van der Waals surface area contributed by atoms with Crippen LogP contribution < -0.4 is 0 Å². The third kappa shape index (κ3) is 1.70. The number of benzene rings is 1. The molecule has 1 heterocycles. The molecule has 0 bridgehead atoms. The molecular weight excluding hydrogens is 198 g/mol. The number of rotatable bonds is 2. The van der Waals surface area contributed by atoms with Gasteiger partial charge in [0.2, 0.25) is 5.88 Å². The zero-order chi connectivity index (χ0) is 9.97. The molecular formula is C10H9NO2S. The highest BCUT2D eigenvalue weighted by atomic mass is 32.1. The fourth-order valence-electron chi connectivity index (χ4n) is 1.24. The SMILES string of the molecule is Oc1coc(=S)n1Cc1ccccc1. The molecule has 14 heavy (non-hydrogen) atoms. The van der Waals surface area contributed by atoms with Crippen molar-refractivity contribution in [3.63, 3.8) is 0 Å². The third-order valence-electron chi connectivity index (χ3n) is 1.95. The first-order chi connectivity index (χ1) is 6.77. The van der Waals surface area contributed by atoms with Gasteiger partial charge in [-0.15, -0.1) is 0 Å². The van der Waals surface area contributed by atoms with Crippen LogP contribution in [0.1, 0.15) is 5.56 Å². The van der Waals surface area contributed by atoms with Crippen LogP contribution >= 0.6 is 12.2 Å². The summed E-state index contributed by atoms with van der Waals surface area (Å²) in [7, 11) is 0. The molecule has 2 rings (SSSR count). The molecule has 0 aliphatic carbocycles. The number of oxazole rings is 1. The van der Waals surface area contributed by atoms with Crippen molar-refractivity contribution in [3.8, 4) is 5.88 Å². The highest BCUT2D eigenvalue weighted by Crippen LogP contribution is 2.14. The Hall–Kier alpha value is -1.55. The van der Waals surface area contributed by atoms with Crippen LogP contribution in [0.2, 0.25) is 0 Å². The lowest BCUT2D eigenvalue weighted by Crippen LogP contribution is -1.98. The van der Waals surface area contributed by atoms with Gasteiger partial charge in [-0.1, -0.05) is 30.3 Å². The summed E-state index contributed by atoms with van der Waals surface area (Å²) in [6, 6.07) is 9.76. The van der Waals surface area contributed by atoms with E-state index in [4.69, 9.17) is 16.6 Å². The molecule has 0 aliphatic rings. The van der Waals surface area contributed by atoms with Crippen molar-refractivity contribution in [1.82, 2.24) is 4.57 Å². The second kappa shape index (κ2) is 3.67. The van der Waals surface area contributed by atoms with E-state index in [0.29, 0.717) is 6.54 Å². The highest BCUT2D eigenvalue weighted by molar-refractivity contribution is 7.71. The summed E-state index contributed by atoms with van der Waals surface area (Å²) in [5.41, 5.74) is 1.07. The fraction of sp³-hybridized carbons (Fsp3) is 0.100. The molecule has 3 nitrogen and oxygen atoms in total. The Labute approximate surface area is 86.2 Å². The lowest BCUT2D eigenvalue weighted by atomic mass is 10.2. The van der Waals surface area contributed by atoms with Crippen molar-refractivity contribution in [2.75, 3.05) is 0 Å². The molecule has 0 radical (unpaired) electrons. The molecule has 2 aromatic rings. The number of aromatic nitrogens is 1. The van der Waals surface area contributed by atoms with Gasteiger partial charge >= 0.3 is 0 Å². The van der Waals surface area contributed by atoms with E-state index in [1.165, 1.54) is 10.8 Å². The molecule has 4 heteroatoms. The molecule has 1 aromatic heterocycles. The van der Waals surface area contributed by atoms with Crippen LogP contribution in [-0.2, 0) is 6.54 Å². The Kier molecular flexibility index (Phi) is 2.37. The van der Waals surface area contributed by atoms with Gasteiger partial charge < -0.3 is 9.52 Å². The summed E-state index contributed by atoms with van der Waals surface area (Å²) in [6.45, 7) is 0.530. The quantitative estimate of drug-likeness (QED) is 0.769. The van der Waals surface area contributed by atoms with Gasteiger partial charge in [-0.3, -0.25) is 4.57 Å². The topological polar surface area (TPSA) is 38.3 Å². The second-order valence-corrected chi connectivity index (χ2v) is 3.28. The summed E-state index contributed by atoms with van der Waals surface area (Å²) in [4.78, 5) is 0.284. The summed E-state index contributed by atoms with van der Waals surface area (Å²) >= 11 is 4.91. The summed E-state index contributed by atoms with van der Waals surface area (Å²) in [5.74, 6) is 0.0545. The van der Waals surface area contributed by atoms with Gasteiger partial charge in [0.05, 0.1) is 6.54 Å². The monoisotopic (exact) mass is 207 g/mol. The summed E-state index contributed by atoms with van der Waals surface area (Å²) in [5, 5.41) is 9.40. The highest BCUT2D eigenvalue weighted by Gasteiger charge is 2.03. The predicted molar refractivity (Wildman–Crippen MR) is 54.7 cm³/mol. The average Bonchev–Trinajstić information content (AvgIpc) is 2.51. The van der Waals surface area contributed by atoms with Gasteiger partial charge in [-0.25, -0.2) is 0 Å². The molecule has 72 valence electrons. The minimum Gasteiger partial charge on any atom is -0.492 e. The molecule has 0 saturated carbocycles. The van der Waals surface area contributed by atoms with Gasteiger partial charge in [-0.2, -0.15) is 0 Å². The largest absolute Gasteiger partial charge is 0.492 e. The van der Waals surface area contributed by atoms with Crippen molar-refractivity contribution in [1.29, 1.82) is 0 Å². The molecule has 0 unspecified atom stereocenters. The van der Waals surface area contributed by atoms with E-state index in [9.17, 15) is 5.11 Å². The summed E-state index contributed by atoms with van der Waals surface area (Å²) in [6.07, 6.45) is 1.24. The Morgan fingerprint density at radius 1 is 1.29 bits per heavy atom. The Balaban J connectivity index is 2.32. The minimum atomic E-state index is 0.0545. The van der Waals surface area contributed by atoms with Crippen LogP contribution in [0.5, 0.6) is 5.88 Å². The first-order valence-electron chi connectivity index (χ1n) is 4.18. The number of nitrogens with zero attached hydrogens (tertiary/aromatic N) is 1. The van der Waals surface area contributed by atoms with Gasteiger partial charge in [0, 0.05) is 0 Å². The van der Waals surface area contributed by atoms with Crippen molar-refractivity contribution in [3.05, 3.63) is 47.0 Å². The molecule has 0 saturated heterocycles. The van der Waals surface area contributed by atoms with E-state index >= 15 is 0 Å². The standard InChI is InChI=1S/C10H9NO2S/c12-9-7-13-10(14)11(9)6-8-4-2-1-3-5-8/h1-5,7,12H,6H2. The summed E-state index contributed by atoms with van der Waals surface area (Å²) < 4.78 is 6.43. The van der Waals surface area contributed by atoms with E-state index in [1.54, 1.807) is 0 Å². The van der Waals surface area contributed by atoms with Crippen LogP contribution in [0.25, 0.3) is 0 Å². The molecule has 0 spiro atoms. The van der Waals surface area contributed by atoms with E-state index in [2.05, 4.69) is 0 Å². The van der Waals surface area contributed by atoms with Gasteiger partial charge in [0.1, 0.15) is 0 Å². The first-order valence-corrected chi connectivity index (χ1v) is 4.59. The third-order valence-corrected chi connectivity index (χ3v) is 2.26. The van der Waals surface area contributed by atoms with Crippen LogP contribution in [0, 0.1) is 4.84 Å². The van der Waals surface area contributed by atoms with E-state index in [0.717, 1.165) is 5.56 Å². The van der Waals surface area contributed by atoms with Crippen LogP contribution in [-0.4, -0.2) is 9.67 Å². The number of aromatic hydroxyl groups is 1. The minimum absolute atomic E-state index is 0.0545. The maximum atomic E-state index is 9.40. The van der Waals surface area contributed by atoms with Crippen molar-refractivity contribution in [2.45, 2.75) is 6.54 Å². The van der Waals surface area contributed by atoms with Crippen molar-refractivity contribution >= 4 is 12.2 Å². The number of hydrogen-bond acceptors (Lipinski definition) is 3. The normalized spacial score (nSPS) is 10.3. The second-order valence-electron chi connectivity index (χ2n) is 2.93. The van der Waals surface area contributed by atoms with E-state index in [-0.39, 0.29) is 10.7 Å². The van der Waals surface area contributed by atoms with Crippen molar-refractivity contribution in [2.24, 2.45) is 0 Å². The van der Waals surface area contributed by atoms with Crippen molar-refractivity contribution < 1.29 is 9.52 Å². The zero-order valence-electron chi connectivity index (χ0n) is 7.38. The fourth-order valence-corrected chi connectivity index (χ4v) is 1.44.